The van der Waals surface area contributed by atoms with Crippen molar-refractivity contribution < 1.29 is 9.53 Å². The normalized spacial score (nSPS) is 13.3. The quantitative estimate of drug-likeness (QED) is 0.924. The first-order chi connectivity index (χ1) is 9.81. The molecule has 0 spiro atoms. The highest BCUT2D eigenvalue weighted by molar-refractivity contribution is 5.95. The summed E-state index contributed by atoms with van der Waals surface area (Å²) in [5.74, 6) is 0.676. The van der Waals surface area contributed by atoms with Gasteiger partial charge < -0.3 is 10.1 Å². The molecule has 20 heavy (non-hydrogen) atoms. The van der Waals surface area contributed by atoms with Gasteiger partial charge in [-0.05, 0) is 42.5 Å². The summed E-state index contributed by atoms with van der Waals surface area (Å²) >= 11 is 0. The predicted octanol–water partition coefficient (Wildman–Crippen LogP) is 3.19. The molecule has 2 aromatic rings. The fourth-order valence-electron chi connectivity index (χ4n) is 2.43. The van der Waals surface area contributed by atoms with Gasteiger partial charge in [-0.2, -0.15) is 0 Å². The number of hydrogen-bond donors (Lipinski definition) is 1. The van der Waals surface area contributed by atoms with Crippen LogP contribution >= 0.6 is 0 Å². The number of anilines is 1. The van der Waals surface area contributed by atoms with Crippen LogP contribution in [0, 0.1) is 0 Å². The molecule has 1 heterocycles. The van der Waals surface area contributed by atoms with Crippen LogP contribution in [0.25, 0.3) is 0 Å². The van der Waals surface area contributed by atoms with E-state index < -0.39 is 0 Å². The van der Waals surface area contributed by atoms with E-state index in [0.29, 0.717) is 0 Å². The molecule has 0 saturated carbocycles. The average Bonchev–Trinajstić information content (AvgIpc) is 2.48. The van der Waals surface area contributed by atoms with Gasteiger partial charge in [0, 0.05) is 0 Å². The maximum atomic E-state index is 11.3. The minimum atomic E-state index is -0.0843. The Labute approximate surface area is 118 Å². The molecule has 0 radical (unpaired) electrons. The zero-order chi connectivity index (χ0) is 13.8. The Kier molecular flexibility index (Phi) is 3.68. The van der Waals surface area contributed by atoms with Gasteiger partial charge in [-0.1, -0.05) is 36.4 Å². The van der Waals surface area contributed by atoms with E-state index in [-0.39, 0.29) is 12.5 Å². The Morgan fingerprint density at radius 2 is 1.80 bits per heavy atom. The molecule has 0 bridgehead atoms. The number of aryl methyl sites for hydroxylation is 2. The van der Waals surface area contributed by atoms with Crippen LogP contribution in [0.3, 0.4) is 0 Å². The van der Waals surface area contributed by atoms with Crippen molar-refractivity contribution in [2.75, 3.05) is 11.9 Å². The predicted molar refractivity (Wildman–Crippen MR) is 79.0 cm³/mol. The van der Waals surface area contributed by atoms with Crippen molar-refractivity contribution in [3.05, 3.63) is 59.7 Å². The van der Waals surface area contributed by atoms with Crippen LogP contribution in [-0.2, 0) is 17.6 Å². The molecule has 1 N–H and O–H groups in total. The van der Waals surface area contributed by atoms with Crippen molar-refractivity contribution in [3.63, 3.8) is 0 Å². The minimum Gasteiger partial charge on any atom is -0.482 e. The molecule has 3 heteroatoms. The maximum Gasteiger partial charge on any atom is 0.262 e. The van der Waals surface area contributed by atoms with Gasteiger partial charge in [0.15, 0.2) is 6.61 Å². The molecule has 0 atom stereocenters. The summed E-state index contributed by atoms with van der Waals surface area (Å²) in [6.45, 7) is 0.111. The standard InChI is InChI=1S/C17H17NO2/c19-17-12-20-16-10-9-14(11-15(16)18-17)8-4-7-13-5-2-1-3-6-13/h1-3,5-6,9-11H,4,7-8,12H2,(H,18,19). The number of carbonyl (C=O) groups excluding carboxylic acids is 1. The third-order valence-corrected chi connectivity index (χ3v) is 3.45. The summed E-state index contributed by atoms with van der Waals surface area (Å²) in [7, 11) is 0. The van der Waals surface area contributed by atoms with Crippen LogP contribution in [0.4, 0.5) is 5.69 Å². The summed E-state index contributed by atoms with van der Waals surface area (Å²) in [5, 5.41) is 2.84. The Morgan fingerprint density at radius 3 is 2.65 bits per heavy atom. The van der Waals surface area contributed by atoms with Gasteiger partial charge in [-0.15, -0.1) is 0 Å². The Hall–Kier alpha value is -2.29. The SMILES string of the molecule is O=C1COc2ccc(CCCc3ccccc3)cc2N1. The molecule has 2 aromatic carbocycles. The van der Waals surface area contributed by atoms with Crippen molar-refractivity contribution in [3.8, 4) is 5.75 Å². The Balaban J connectivity index is 1.61. The van der Waals surface area contributed by atoms with Gasteiger partial charge >= 0.3 is 0 Å². The number of benzene rings is 2. The first-order valence-electron chi connectivity index (χ1n) is 6.91. The zero-order valence-electron chi connectivity index (χ0n) is 11.3. The molecule has 0 aromatic heterocycles. The maximum absolute atomic E-state index is 11.3. The lowest BCUT2D eigenvalue weighted by Gasteiger charge is -2.18. The van der Waals surface area contributed by atoms with Crippen LogP contribution in [-0.4, -0.2) is 12.5 Å². The zero-order valence-corrected chi connectivity index (χ0v) is 11.3. The lowest BCUT2D eigenvalue weighted by atomic mass is 10.0. The van der Waals surface area contributed by atoms with Gasteiger partial charge in [0.1, 0.15) is 5.75 Å². The van der Waals surface area contributed by atoms with E-state index in [9.17, 15) is 4.79 Å². The molecule has 0 aliphatic carbocycles. The molecular weight excluding hydrogens is 250 g/mol. The Bertz CT molecular complexity index is 608. The van der Waals surface area contributed by atoms with E-state index >= 15 is 0 Å². The number of nitrogens with one attached hydrogen (secondary N) is 1. The summed E-state index contributed by atoms with van der Waals surface area (Å²) in [6, 6.07) is 16.5. The number of hydrogen-bond acceptors (Lipinski definition) is 2. The largest absolute Gasteiger partial charge is 0.482 e. The van der Waals surface area contributed by atoms with Crippen LogP contribution in [0.1, 0.15) is 17.5 Å². The summed E-state index contributed by atoms with van der Waals surface area (Å²) in [5.41, 5.74) is 3.38. The monoisotopic (exact) mass is 267 g/mol. The van der Waals surface area contributed by atoms with Gasteiger partial charge in [0.2, 0.25) is 0 Å². The number of carbonyl (C=O) groups is 1. The second-order valence-corrected chi connectivity index (χ2v) is 5.01. The molecule has 102 valence electrons. The van der Waals surface area contributed by atoms with Crippen molar-refractivity contribution in [1.29, 1.82) is 0 Å². The lowest BCUT2D eigenvalue weighted by Crippen LogP contribution is -2.25. The van der Waals surface area contributed by atoms with Gasteiger partial charge in [-0.25, -0.2) is 0 Å². The molecule has 1 aliphatic rings. The van der Waals surface area contributed by atoms with E-state index in [1.807, 2.05) is 18.2 Å². The van der Waals surface area contributed by atoms with Crippen LogP contribution in [0.2, 0.25) is 0 Å². The topological polar surface area (TPSA) is 38.3 Å². The van der Waals surface area contributed by atoms with Crippen molar-refractivity contribution in [1.82, 2.24) is 0 Å². The average molecular weight is 267 g/mol. The molecule has 0 saturated heterocycles. The van der Waals surface area contributed by atoms with Crippen molar-refractivity contribution in [2.45, 2.75) is 19.3 Å². The summed E-state index contributed by atoms with van der Waals surface area (Å²) in [4.78, 5) is 11.3. The second-order valence-electron chi connectivity index (χ2n) is 5.01. The number of fused-ring (bicyclic) bond motifs is 1. The lowest BCUT2D eigenvalue weighted by molar-refractivity contribution is -0.118. The van der Waals surface area contributed by atoms with Gasteiger partial charge in [-0.3, -0.25) is 4.79 Å². The first kappa shape index (κ1) is 12.7. The summed E-state index contributed by atoms with van der Waals surface area (Å²) in [6.07, 6.45) is 3.16. The minimum absolute atomic E-state index is 0.0843. The fourth-order valence-corrected chi connectivity index (χ4v) is 2.43. The molecule has 0 fully saturated rings. The third kappa shape index (κ3) is 2.99. The first-order valence-corrected chi connectivity index (χ1v) is 6.91. The van der Waals surface area contributed by atoms with Crippen molar-refractivity contribution in [2.24, 2.45) is 0 Å². The number of ether oxygens (including phenoxy) is 1. The van der Waals surface area contributed by atoms with Crippen LogP contribution < -0.4 is 10.1 Å². The third-order valence-electron chi connectivity index (χ3n) is 3.45. The van der Waals surface area contributed by atoms with Crippen LogP contribution in [0.5, 0.6) is 5.75 Å². The molecule has 3 nitrogen and oxygen atoms in total. The molecule has 1 amide bonds. The van der Waals surface area contributed by atoms with Crippen molar-refractivity contribution >= 4 is 11.6 Å². The highest BCUT2D eigenvalue weighted by Crippen LogP contribution is 2.28. The number of rotatable bonds is 4. The van der Waals surface area contributed by atoms with E-state index in [1.54, 1.807) is 0 Å². The highest BCUT2D eigenvalue weighted by atomic mass is 16.5. The van der Waals surface area contributed by atoms with E-state index in [2.05, 4.69) is 35.6 Å². The smallest absolute Gasteiger partial charge is 0.262 e. The fraction of sp³-hybridized carbons (Fsp3) is 0.235. The molecule has 3 rings (SSSR count). The molecule has 1 aliphatic heterocycles. The molecular formula is C17H17NO2. The van der Waals surface area contributed by atoms with Gasteiger partial charge in [0.25, 0.3) is 5.91 Å². The second kappa shape index (κ2) is 5.78. The summed E-state index contributed by atoms with van der Waals surface area (Å²) < 4.78 is 5.35. The van der Waals surface area contributed by atoms with Gasteiger partial charge in [0.05, 0.1) is 5.69 Å². The highest BCUT2D eigenvalue weighted by Gasteiger charge is 2.15. The molecule has 0 unspecified atom stereocenters. The van der Waals surface area contributed by atoms with Crippen LogP contribution in [0.15, 0.2) is 48.5 Å². The van der Waals surface area contributed by atoms with E-state index in [1.165, 1.54) is 11.1 Å². The number of amides is 1. The Morgan fingerprint density at radius 1 is 1.00 bits per heavy atom. The van der Waals surface area contributed by atoms with E-state index in [0.717, 1.165) is 30.7 Å². The van der Waals surface area contributed by atoms with E-state index in [4.69, 9.17) is 4.74 Å².